The van der Waals surface area contributed by atoms with E-state index in [1.807, 2.05) is 34.1 Å². The fourth-order valence-corrected chi connectivity index (χ4v) is 9.59. The molecule has 0 spiro atoms. The Labute approximate surface area is 296 Å². The van der Waals surface area contributed by atoms with E-state index in [-0.39, 0.29) is 23.7 Å². The zero-order chi connectivity index (χ0) is 35.4. The fourth-order valence-electron chi connectivity index (χ4n) is 8.29. The van der Waals surface area contributed by atoms with Gasteiger partial charge in [0.15, 0.2) is 0 Å². The highest BCUT2D eigenvalue weighted by atomic mass is 32.2. The molecule has 1 amide bonds. The zero-order valence-corrected chi connectivity index (χ0v) is 29.6. The van der Waals surface area contributed by atoms with Gasteiger partial charge in [-0.3, -0.25) is 9.59 Å². The Bertz CT molecular complexity index is 1460. The fraction of sp³-hybridized carbons (Fsp3) is 0.622. The highest BCUT2D eigenvalue weighted by Gasteiger charge is 2.42. The lowest BCUT2D eigenvalue weighted by atomic mass is 9.84. The third kappa shape index (κ3) is 8.54. The number of alkyl halides is 3. The van der Waals surface area contributed by atoms with Crippen LogP contribution in [0.5, 0.6) is 5.75 Å². The maximum atomic E-state index is 14.2. The number of halogens is 3. The number of carbonyl (C=O) groups is 2. The number of nitrogens with zero attached hydrogens (tertiary/aromatic N) is 4. The van der Waals surface area contributed by atoms with Crippen LogP contribution in [-0.2, 0) is 27.1 Å². The van der Waals surface area contributed by atoms with Gasteiger partial charge in [0.1, 0.15) is 11.5 Å². The summed E-state index contributed by atoms with van der Waals surface area (Å²) in [6.07, 6.45) is 0.577. The monoisotopic (exact) mass is 718 g/mol. The molecule has 6 rings (SSSR count). The molecule has 1 N–H and O–H groups in total. The van der Waals surface area contributed by atoms with Crippen molar-refractivity contribution >= 4 is 28.9 Å². The van der Waals surface area contributed by atoms with Gasteiger partial charge in [0.25, 0.3) is 0 Å². The van der Waals surface area contributed by atoms with Crippen LogP contribution in [0, 0.1) is 11.8 Å². The van der Waals surface area contributed by atoms with Gasteiger partial charge in [0, 0.05) is 88.3 Å². The van der Waals surface area contributed by atoms with Crippen LogP contribution in [-0.4, -0.2) is 107 Å². The van der Waals surface area contributed by atoms with Gasteiger partial charge in [0.05, 0.1) is 24.5 Å². The zero-order valence-electron chi connectivity index (χ0n) is 28.8. The molecule has 2 aromatic carbocycles. The topological polar surface area (TPSA) is 99.6 Å². The average molecular weight is 719 g/mol. The summed E-state index contributed by atoms with van der Waals surface area (Å²) < 4.78 is 61.5. The van der Waals surface area contributed by atoms with E-state index in [1.165, 1.54) is 6.07 Å². The van der Waals surface area contributed by atoms with Crippen LogP contribution >= 0.6 is 0 Å². The number of benzene rings is 2. The Hall–Kier alpha value is -3.00. The maximum Gasteiger partial charge on any atom is 0.416 e. The number of methoxy groups -OCH3 is 1. The van der Waals surface area contributed by atoms with Crippen LogP contribution in [0.3, 0.4) is 0 Å². The van der Waals surface area contributed by atoms with E-state index in [9.17, 15) is 32.4 Å². The maximum absolute atomic E-state index is 14.2. The second-order valence-electron chi connectivity index (χ2n) is 14.2. The molecular formula is C37H49F3N4O5S. The number of likely N-dealkylation sites (tertiary alicyclic amines) is 2. The summed E-state index contributed by atoms with van der Waals surface area (Å²) in [6.45, 7) is 5.76. The van der Waals surface area contributed by atoms with Crippen LogP contribution in [0.2, 0.25) is 0 Å². The van der Waals surface area contributed by atoms with Gasteiger partial charge >= 0.3 is 12.1 Å². The molecule has 0 aliphatic carbocycles. The standard InChI is InChI=1S/C37H49F3N4O5S/c1-49-30-8-5-26(6-9-30)32-24-41(15-4-22-50(48)44-16-2-3-17-44)25-33(32)35(45)43-20-11-27(12-21-43)31-10-7-29(37(38,39)40)23-34(31)42-18-13-28(14-19-42)36(46)47/h5-10,23,27-28,32-33H,2-4,11-22,24-25H2,1H3,(H,46,47)/t32-,33+,50?/m0/s1. The molecular weight excluding hydrogens is 669 g/mol. The smallest absolute Gasteiger partial charge is 0.416 e. The molecule has 2 aromatic rings. The number of piperidine rings is 2. The van der Waals surface area contributed by atoms with Crippen LogP contribution < -0.4 is 9.64 Å². The summed E-state index contributed by atoms with van der Waals surface area (Å²) >= 11 is -0.962. The van der Waals surface area contributed by atoms with Crippen molar-refractivity contribution in [2.75, 3.05) is 76.7 Å². The first-order valence-electron chi connectivity index (χ1n) is 18.0. The van der Waals surface area contributed by atoms with Crippen molar-refractivity contribution in [3.8, 4) is 5.75 Å². The van der Waals surface area contributed by atoms with Crippen LogP contribution in [0.25, 0.3) is 0 Å². The lowest BCUT2D eigenvalue weighted by Gasteiger charge is -2.38. The molecule has 274 valence electrons. The number of aliphatic carboxylic acids is 1. The summed E-state index contributed by atoms with van der Waals surface area (Å²) in [5.74, 6) is -0.0996. The van der Waals surface area contributed by atoms with Gasteiger partial charge in [0.2, 0.25) is 5.91 Å². The number of carbonyl (C=O) groups excluding carboxylic acids is 1. The highest BCUT2D eigenvalue weighted by molar-refractivity contribution is 7.89. The molecule has 4 fully saturated rings. The van der Waals surface area contributed by atoms with Crippen molar-refractivity contribution < 1.29 is 37.2 Å². The predicted molar refractivity (Wildman–Crippen MR) is 187 cm³/mol. The van der Waals surface area contributed by atoms with Crippen molar-refractivity contribution in [3.63, 3.8) is 0 Å². The summed E-state index contributed by atoms with van der Waals surface area (Å²) in [4.78, 5) is 31.9. The number of rotatable bonds is 11. The predicted octanol–water partition coefficient (Wildman–Crippen LogP) is 5.59. The van der Waals surface area contributed by atoms with Crippen LogP contribution in [0.1, 0.15) is 73.5 Å². The molecule has 0 radical (unpaired) electrons. The molecule has 0 saturated carbocycles. The van der Waals surface area contributed by atoms with Crippen LogP contribution in [0.4, 0.5) is 18.9 Å². The van der Waals surface area contributed by atoms with E-state index < -0.39 is 35.0 Å². The Morgan fingerprint density at radius 2 is 1.62 bits per heavy atom. The van der Waals surface area contributed by atoms with Crippen molar-refractivity contribution in [3.05, 3.63) is 59.2 Å². The third-order valence-corrected chi connectivity index (χ3v) is 12.8. The van der Waals surface area contributed by atoms with Gasteiger partial charge in [-0.15, -0.1) is 4.31 Å². The minimum absolute atomic E-state index is 0.00505. The number of amides is 1. The minimum atomic E-state index is -4.48. The second kappa shape index (κ2) is 16.1. The number of carboxylic acids is 1. The van der Waals surface area contributed by atoms with E-state index in [1.54, 1.807) is 13.2 Å². The largest absolute Gasteiger partial charge is 0.598 e. The Morgan fingerprint density at radius 3 is 2.24 bits per heavy atom. The lowest BCUT2D eigenvalue weighted by Crippen LogP contribution is -2.43. The number of ether oxygens (including phenoxy) is 1. The molecule has 4 aliphatic heterocycles. The van der Waals surface area contributed by atoms with Crippen LogP contribution in [0.15, 0.2) is 42.5 Å². The van der Waals surface area contributed by atoms with Gasteiger partial charge < -0.3 is 29.1 Å². The summed E-state index contributed by atoms with van der Waals surface area (Å²) in [6, 6.07) is 11.9. The summed E-state index contributed by atoms with van der Waals surface area (Å²) in [7, 11) is 1.63. The number of hydrogen-bond acceptors (Lipinski definition) is 7. The minimum Gasteiger partial charge on any atom is -0.598 e. The average Bonchev–Trinajstić information content (AvgIpc) is 3.82. The number of anilines is 1. The molecule has 1 unspecified atom stereocenters. The third-order valence-electron chi connectivity index (χ3n) is 11.2. The van der Waals surface area contributed by atoms with Gasteiger partial charge in [-0.2, -0.15) is 13.2 Å². The first-order valence-corrected chi connectivity index (χ1v) is 19.3. The number of hydrogen-bond donors (Lipinski definition) is 1. The molecule has 3 atom stereocenters. The van der Waals surface area contributed by atoms with E-state index in [0.717, 1.165) is 68.4 Å². The highest BCUT2D eigenvalue weighted by Crippen LogP contribution is 2.42. The Morgan fingerprint density at radius 1 is 0.940 bits per heavy atom. The molecule has 4 heterocycles. The molecule has 4 saturated heterocycles. The molecule has 50 heavy (non-hydrogen) atoms. The Kier molecular flexibility index (Phi) is 11.9. The quantitative estimate of drug-likeness (QED) is 0.301. The van der Waals surface area contributed by atoms with Gasteiger partial charge in [-0.1, -0.05) is 18.2 Å². The van der Waals surface area contributed by atoms with E-state index >= 15 is 0 Å². The van der Waals surface area contributed by atoms with Gasteiger partial charge in [-0.25, -0.2) is 0 Å². The van der Waals surface area contributed by atoms with Crippen molar-refractivity contribution in [1.82, 2.24) is 14.1 Å². The van der Waals surface area contributed by atoms with E-state index in [4.69, 9.17) is 4.74 Å². The van der Waals surface area contributed by atoms with Crippen molar-refractivity contribution in [1.29, 1.82) is 0 Å². The van der Waals surface area contributed by atoms with E-state index in [2.05, 4.69) is 9.21 Å². The van der Waals surface area contributed by atoms with Crippen molar-refractivity contribution in [2.24, 2.45) is 11.8 Å². The van der Waals surface area contributed by atoms with E-state index in [0.29, 0.717) is 69.8 Å². The SMILES string of the molecule is COc1ccc([C@@H]2CN(CCC[S+]([O-])N3CCCC3)C[C@H]2C(=O)N2CCC(c3ccc(C(F)(F)F)cc3N3CCC(C(=O)O)CC3)CC2)cc1. The first kappa shape index (κ1) is 36.8. The lowest BCUT2D eigenvalue weighted by molar-refractivity contribution is -0.142. The number of carboxylic acid groups (broad SMARTS) is 1. The Balaban J connectivity index is 1.13. The second-order valence-corrected chi connectivity index (χ2v) is 15.8. The molecule has 4 aliphatic rings. The summed E-state index contributed by atoms with van der Waals surface area (Å²) in [5.41, 5.74) is 1.75. The van der Waals surface area contributed by atoms with Crippen molar-refractivity contribution in [2.45, 2.75) is 63.0 Å². The first-order chi connectivity index (χ1) is 24.0. The normalized spacial score (nSPS) is 23.8. The summed E-state index contributed by atoms with van der Waals surface area (Å²) in [5, 5.41) is 9.44. The molecule has 13 heteroatoms. The molecule has 0 aromatic heterocycles. The molecule has 9 nitrogen and oxygen atoms in total. The van der Waals surface area contributed by atoms with Gasteiger partial charge in [-0.05, 0) is 79.8 Å². The molecule has 0 bridgehead atoms.